The van der Waals surface area contributed by atoms with Crippen molar-refractivity contribution < 1.29 is 18.9 Å². The Morgan fingerprint density at radius 3 is 1.50 bits per heavy atom. The first kappa shape index (κ1) is 15.8. The average molecular weight is 326 g/mol. The van der Waals surface area contributed by atoms with Crippen LogP contribution in [0.3, 0.4) is 0 Å². The van der Waals surface area contributed by atoms with Gasteiger partial charge < -0.3 is 18.9 Å². The molecule has 2 aliphatic rings. The van der Waals surface area contributed by atoms with Gasteiger partial charge in [-0.15, -0.1) is 0 Å². The van der Waals surface area contributed by atoms with Gasteiger partial charge in [-0.05, 0) is 11.1 Å². The molecule has 2 aliphatic heterocycles. The Bertz CT molecular complexity index is 573. The SMILES string of the molecule is c1ccc(CO[C@@H]2CO[C@@H]3[C@H]2OC[C@H]3OCc2ccccc2)cc1. The summed E-state index contributed by atoms with van der Waals surface area (Å²) in [6.45, 7) is 2.29. The third kappa shape index (κ3) is 3.52. The summed E-state index contributed by atoms with van der Waals surface area (Å²) >= 11 is 0. The summed E-state index contributed by atoms with van der Waals surface area (Å²) < 4.78 is 23.8. The summed E-state index contributed by atoms with van der Waals surface area (Å²) in [6.07, 6.45) is -0.120. The maximum Gasteiger partial charge on any atom is 0.115 e. The second-order valence-electron chi connectivity index (χ2n) is 6.27. The smallest absolute Gasteiger partial charge is 0.115 e. The Morgan fingerprint density at radius 2 is 1.08 bits per heavy atom. The molecule has 0 aromatic heterocycles. The second kappa shape index (κ2) is 7.45. The molecule has 0 bridgehead atoms. The van der Waals surface area contributed by atoms with Crippen LogP contribution in [0.15, 0.2) is 60.7 Å². The Balaban J connectivity index is 1.29. The summed E-state index contributed by atoms with van der Waals surface area (Å²) in [6, 6.07) is 20.4. The molecule has 2 aromatic rings. The van der Waals surface area contributed by atoms with Crippen LogP contribution in [0.2, 0.25) is 0 Å². The van der Waals surface area contributed by atoms with Gasteiger partial charge in [0.2, 0.25) is 0 Å². The Morgan fingerprint density at radius 1 is 0.667 bits per heavy atom. The fourth-order valence-electron chi connectivity index (χ4n) is 3.27. The van der Waals surface area contributed by atoms with E-state index in [1.54, 1.807) is 0 Å². The van der Waals surface area contributed by atoms with Crippen LogP contribution in [0.25, 0.3) is 0 Å². The topological polar surface area (TPSA) is 36.9 Å². The molecule has 0 saturated carbocycles. The van der Waals surface area contributed by atoms with Gasteiger partial charge >= 0.3 is 0 Å². The van der Waals surface area contributed by atoms with Crippen molar-refractivity contribution in [3.63, 3.8) is 0 Å². The molecule has 0 spiro atoms. The van der Waals surface area contributed by atoms with Crippen molar-refractivity contribution >= 4 is 0 Å². The normalized spacial score (nSPS) is 28.8. The summed E-state index contributed by atoms with van der Waals surface area (Å²) in [4.78, 5) is 0. The number of benzene rings is 2. The quantitative estimate of drug-likeness (QED) is 0.818. The first-order valence-electron chi connectivity index (χ1n) is 8.44. The molecule has 4 nitrogen and oxygen atoms in total. The van der Waals surface area contributed by atoms with Crippen LogP contribution in [0.4, 0.5) is 0 Å². The van der Waals surface area contributed by atoms with Crippen molar-refractivity contribution in [2.45, 2.75) is 37.6 Å². The van der Waals surface area contributed by atoms with Gasteiger partial charge in [0.15, 0.2) is 0 Å². The fourth-order valence-corrected chi connectivity index (χ4v) is 3.27. The molecule has 4 rings (SSSR count). The van der Waals surface area contributed by atoms with E-state index in [1.165, 1.54) is 0 Å². The summed E-state index contributed by atoms with van der Waals surface area (Å²) in [5.41, 5.74) is 2.33. The van der Waals surface area contributed by atoms with Gasteiger partial charge in [-0.1, -0.05) is 60.7 Å². The minimum Gasteiger partial charge on any atom is -0.370 e. The lowest BCUT2D eigenvalue weighted by atomic mass is 10.1. The number of hydrogen-bond acceptors (Lipinski definition) is 4. The lowest BCUT2D eigenvalue weighted by molar-refractivity contribution is -0.0580. The molecular weight excluding hydrogens is 304 g/mol. The third-order valence-electron chi connectivity index (χ3n) is 4.58. The lowest BCUT2D eigenvalue weighted by Crippen LogP contribution is -2.34. The zero-order valence-corrected chi connectivity index (χ0v) is 13.5. The van der Waals surface area contributed by atoms with E-state index < -0.39 is 0 Å². The first-order valence-corrected chi connectivity index (χ1v) is 8.44. The van der Waals surface area contributed by atoms with Crippen LogP contribution in [0, 0.1) is 0 Å². The van der Waals surface area contributed by atoms with Crippen LogP contribution < -0.4 is 0 Å². The van der Waals surface area contributed by atoms with Crippen LogP contribution in [0.1, 0.15) is 11.1 Å². The zero-order chi connectivity index (χ0) is 16.2. The predicted octanol–water partition coefficient (Wildman–Crippen LogP) is 2.95. The highest BCUT2D eigenvalue weighted by molar-refractivity contribution is 5.14. The van der Waals surface area contributed by atoms with Crippen LogP contribution in [-0.4, -0.2) is 37.6 Å². The minimum absolute atomic E-state index is 0.0273. The number of hydrogen-bond donors (Lipinski definition) is 0. The fraction of sp³-hybridized carbons (Fsp3) is 0.400. The lowest BCUT2D eigenvalue weighted by Gasteiger charge is -2.17. The van der Waals surface area contributed by atoms with Gasteiger partial charge in [0.25, 0.3) is 0 Å². The van der Waals surface area contributed by atoms with Crippen LogP contribution in [-0.2, 0) is 32.2 Å². The molecule has 0 aliphatic carbocycles. The molecule has 0 N–H and O–H groups in total. The van der Waals surface area contributed by atoms with Crippen LogP contribution in [0.5, 0.6) is 0 Å². The second-order valence-corrected chi connectivity index (χ2v) is 6.27. The van der Waals surface area contributed by atoms with Crippen molar-refractivity contribution in [2.24, 2.45) is 0 Å². The van der Waals surface area contributed by atoms with E-state index in [1.807, 2.05) is 36.4 Å². The minimum atomic E-state index is -0.0329. The van der Waals surface area contributed by atoms with Crippen LogP contribution >= 0.6 is 0 Å². The van der Waals surface area contributed by atoms with Gasteiger partial charge in [0.05, 0.1) is 26.4 Å². The molecule has 2 aromatic carbocycles. The number of fused-ring (bicyclic) bond motifs is 1. The molecule has 2 saturated heterocycles. The van der Waals surface area contributed by atoms with Crippen molar-refractivity contribution in [3.05, 3.63) is 71.8 Å². The van der Waals surface area contributed by atoms with E-state index in [-0.39, 0.29) is 24.4 Å². The standard InChI is InChI=1S/C20H22O4/c1-3-7-15(8-4-1)11-21-17-13-23-20-18(14-24-19(17)20)22-12-16-9-5-2-6-10-16/h1-10,17-20H,11-14H2/t17-,18-,19+,20+/m1/s1. The highest BCUT2D eigenvalue weighted by Gasteiger charge is 2.48. The zero-order valence-electron chi connectivity index (χ0n) is 13.5. The summed E-state index contributed by atoms with van der Waals surface area (Å²) in [5.74, 6) is 0. The van der Waals surface area contributed by atoms with Crippen molar-refractivity contribution in [2.75, 3.05) is 13.2 Å². The Hall–Kier alpha value is -1.72. The maximum absolute atomic E-state index is 6.01. The Kier molecular flexibility index (Phi) is 4.90. The van der Waals surface area contributed by atoms with Gasteiger partial charge in [-0.3, -0.25) is 0 Å². The van der Waals surface area contributed by atoms with Gasteiger partial charge in [0.1, 0.15) is 24.4 Å². The van der Waals surface area contributed by atoms with Gasteiger partial charge in [0, 0.05) is 0 Å². The van der Waals surface area contributed by atoms with E-state index >= 15 is 0 Å². The van der Waals surface area contributed by atoms with E-state index in [0.717, 1.165) is 11.1 Å². The van der Waals surface area contributed by atoms with Gasteiger partial charge in [-0.2, -0.15) is 0 Å². The summed E-state index contributed by atoms with van der Waals surface area (Å²) in [7, 11) is 0. The molecule has 2 heterocycles. The van der Waals surface area contributed by atoms with E-state index in [2.05, 4.69) is 24.3 Å². The monoisotopic (exact) mass is 326 g/mol. The molecule has 2 fully saturated rings. The van der Waals surface area contributed by atoms with E-state index in [0.29, 0.717) is 26.4 Å². The summed E-state index contributed by atoms with van der Waals surface area (Å²) in [5, 5.41) is 0. The third-order valence-corrected chi connectivity index (χ3v) is 4.58. The van der Waals surface area contributed by atoms with Crippen molar-refractivity contribution in [1.82, 2.24) is 0 Å². The molecule has 0 radical (unpaired) electrons. The van der Waals surface area contributed by atoms with Crippen molar-refractivity contribution in [1.29, 1.82) is 0 Å². The molecule has 0 unspecified atom stereocenters. The number of ether oxygens (including phenoxy) is 4. The molecule has 126 valence electrons. The first-order chi connectivity index (χ1) is 11.9. The largest absolute Gasteiger partial charge is 0.370 e. The van der Waals surface area contributed by atoms with E-state index in [9.17, 15) is 0 Å². The predicted molar refractivity (Wildman–Crippen MR) is 89.5 cm³/mol. The number of rotatable bonds is 6. The molecule has 0 amide bonds. The average Bonchev–Trinajstić information content (AvgIpc) is 3.22. The van der Waals surface area contributed by atoms with Gasteiger partial charge in [-0.25, -0.2) is 0 Å². The molecule has 4 atom stereocenters. The molecule has 4 heteroatoms. The maximum atomic E-state index is 6.01. The van der Waals surface area contributed by atoms with Crippen molar-refractivity contribution in [3.8, 4) is 0 Å². The Labute approximate surface area is 142 Å². The molecular formula is C20H22O4. The molecule has 24 heavy (non-hydrogen) atoms. The highest BCUT2D eigenvalue weighted by atomic mass is 16.6. The van der Waals surface area contributed by atoms with E-state index in [4.69, 9.17) is 18.9 Å². The highest BCUT2D eigenvalue weighted by Crippen LogP contribution is 2.31.